The molecule has 1 amide bonds. The van der Waals surface area contributed by atoms with Crippen molar-refractivity contribution in [2.45, 2.75) is 31.3 Å². The average molecular weight is 603 g/mol. The van der Waals surface area contributed by atoms with Gasteiger partial charge in [-0.15, -0.1) is 0 Å². The Morgan fingerprint density at radius 3 is 2.24 bits per heavy atom. The molecule has 1 aromatic carbocycles. The lowest BCUT2D eigenvalue weighted by Crippen LogP contribution is -2.31. The number of H-pyrrole nitrogens is 1. The van der Waals surface area contributed by atoms with Crippen LogP contribution in [0.25, 0.3) is 0 Å². The summed E-state index contributed by atoms with van der Waals surface area (Å²) in [6, 6.07) is 10.5. The van der Waals surface area contributed by atoms with Gasteiger partial charge in [0, 0.05) is 18.7 Å². The maximum atomic E-state index is 11.7. The predicted molar refractivity (Wildman–Crippen MR) is 125 cm³/mol. The molecule has 0 bridgehead atoms. The average Bonchev–Trinajstić information content (AvgIpc) is 3.10. The summed E-state index contributed by atoms with van der Waals surface area (Å²) in [4.78, 5) is 70.4. The monoisotopic (exact) mass is 603 g/mol. The van der Waals surface area contributed by atoms with E-state index in [-0.39, 0.29) is 12.3 Å². The van der Waals surface area contributed by atoms with Gasteiger partial charge in [0.15, 0.2) is 0 Å². The second-order valence-corrected chi connectivity index (χ2v) is 11.9. The van der Waals surface area contributed by atoms with Crippen molar-refractivity contribution in [3.8, 4) is 0 Å². The lowest BCUT2D eigenvalue weighted by atomic mass is 10.1. The van der Waals surface area contributed by atoms with Crippen LogP contribution in [0.4, 0.5) is 0 Å². The first kappa shape index (κ1) is 31.9. The zero-order valence-electron chi connectivity index (χ0n) is 19.1. The number of phosphoric ester groups is 1. The van der Waals surface area contributed by atoms with Crippen molar-refractivity contribution in [1.82, 2.24) is 9.55 Å². The van der Waals surface area contributed by atoms with Gasteiger partial charge in [0.25, 0.3) is 5.56 Å². The zero-order valence-corrected chi connectivity index (χ0v) is 21.8. The number of primary amides is 1. The Bertz CT molecular complexity index is 1360. The van der Waals surface area contributed by atoms with Crippen LogP contribution in [0.15, 0.2) is 52.2 Å². The van der Waals surface area contributed by atoms with Gasteiger partial charge in [0.1, 0.15) is 12.3 Å². The molecule has 1 aromatic heterocycles. The number of benzene rings is 1. The number of ether oxygens (including phenoxy) is 1. The number of carbonyl (C=O) groups is 1. The minimum Gasteiger partial charge on any atom is -0.390 e. The van der Waals surface area contributed by atoms with Gasteiger partial charge in [-0.25, -0.2) is 18.5 Å². The highest BCUT2D eigenvalue weighted by Gasteiger charge is 2.42. The summed E-state index contributed by atoms with van der Waals surface area (Å²) in [7, 11) is -16.6. The summed E-state index contributed by atoms with van der Waals surface area (Å²) in [5, 5.41) is 9.91. The fraction of sp³-hybridized carbons (Fsp3) is 0.353. The van der Waals surface area contributed by atoms with Gasteiger partial charge in [-0.05, 0) is 5.56 Å². The van der Waals surface area contributed by atoms with E-state index in [0.717, 1.165) is 22.4 Å². The van der Waals surface area contributed by atoms with Gasteiger partial charge >= 0.3 is 29.2 Å². The molecule has 212 valence electrons. The Labute approximate surface area is 213 Å². The molecule has 2 aromatic rings. The third kappa shape index (κ3) is 11.2. The van der Waals surface area contributed by atoms with E-state index in [1.54, 1.807) is 0 Å². The molecule has 1 aliphatic heterocycles. The highest BCUT2D eigenvalue weighted by Crippen LogP contribution is 2.66. The van der Waals surface area contributed by atoms with Crippen molar-refractivity contribution in [3.63, 3.8) is 0 Å². The lowest BCUT2D eigenvalue weighted by Gasteiger charge is -2.19. The summed E-state index contributed by atoms with van der Waals surface area (Å²) in [6.45, 7) is -0.876. The minimum atomic E-state index is -5.67. The number of nitrogens with one attached hydrogen (secondary N) is 1. The number of aliphatic hydroxyl groups is 1. The molecule has 5 atom stereocenters. The number of amides is 1. The number of nitrogens with two attached hydrogens (primary N) is 1. The van der Waals surface area contributed by atoms with Crippen LogP contribution in [-0.2, 0) is 42.8 Å². The lowest BCUT2D eigenvalue weighted by molar-refractivity contribution is -0.117. The van der Waals surface area contributed by atoms with Gasteiger partial charge in [0.05, 0.1) is 19.1 Å². The number of phosphoric acid groups is 3. The Balaban J connectivity index is 0.000000423. The summed E-state index contributed by atoms with van der Waals surface area (Å²) < 4.78 is 51.0. The molecule has 1 fully saturated rings. The third-order valence-electron chi connectivity index (χ3n) is 4.40. The van der Waals surface area contributed by atoms with Gasteiger partial charge in [0.2, 0.25) is 5.91 Å². The van der Waals surface area contributed by atoms with E-state index in [0.29, 0.717) is 6.42 Å². The smallest absolute Gasteiger partial charge is 0.390 e. The van der Waals surface area contributed by atoms with Crippen molar-refractivity contribution < 1.29 is 61.1 Å². The normalized spacial score (nSPS) is 22.5. The highest BCUT2D eigenvalue weighted by molar-refractivity contribution is 7.66. The highest BCUT2D eigenvalue weighted by atomic mass is 31.3. The summed E-state index contributed by atoms with van der Waals surface area (Å²) in [5.41, 5.74) is 4.46. The van der Waals surface area contributed by atoms with Crippen molar-refractivity contribution in [1.29, 1.82) is 0 Å². The van der Waals surface area contributed by atoms with Gasteiger partial charge < -0.3 is 35.2 Å². The van der Waals surface area contributed by atoms with Crippen molar-refractivity contribution >= 4 is 29.4 Å². The molecule has 38 heavy (non-hydrogen) atoms. The number of aromatic amines is 1. The number of aromatic nitrogens is 2. The molecule has 0 spiro atoms. The SMILES string of the molecule is NC(=O)Cc1ccccc1.O=c1ccn([C@H]2C[C@H](O)[C@@H](COP(=O)(O)OP(=O)(O)OP(=O)(O)O)O2)c(=O)[nH]1. The molecular formula is C17H24N3O15P3. The molecule has 2 heterocycles. The maximum Gasteiger partial charge on any atom is 0.490 e. The van der Waals surface area contributed by atoms with Crippen LogP contribution in [-0.4, -0.2) is 59.0 Å². The standard InChI is InChI=1S/C9H15N2O14P3.C8H9NO/c12-5-3-8(11-2-1-7(13)10-9(11)14)23-6(5)4-22-27(18,19)25-28(20,21)24-26(15,16)17;9-8(10)6-7-4-2-1-3-5-7/h1-2,5-6,8,12H,3-4H2,(H,18,19)(H,20,21)(H,10,13,14)(H2,15,16,17);1-5H,6H2,(H2,9,10)/t5-,6+,8+;/m0./s1. The quantitative estimate of drug-likeness (QED) is 0.164. The van der Waals surface area contributed by atoms with E-state index in [1.807, 2.05) is 35.3 Å². The Morgan fingerprint density at radius 2 is 1.68 bits per heavy atom. The number of aliphatic hydroxyl groups excluding tert-OH is 1. The van der Waals surface area contributed by atoms with Crippen LogP contribution >= 0.6 is 23.5 Å². The Kier molecular flexibility index (Phi) is 11.1. The first-order chi connectivity index (χ1) is 17.5. The fourth-order valence-corrected chi connectivity index (χ4v) is 5.99. The molecule has 18 nitrogen and oxygen atoms in total. The number of rotatable bonds is 10. The molecule has 0 radical (unpaired) electrons. The molecular weight excluding hydrogens is 579 g/mol. The third-order valence-corrected chi connectivity index (χ3v) is 8.21. The Morgan fingerprint density at radius 1 is 1.05 bits per heavy atom. The van der Waals surface area contributed by atoms with Crippen LogP contribution < -0.4 is 17.0 Å². The van der Waals surface area contributed by atoms with Crippen LogP contribution in [0, 0.1) is 0 Å². The zero-order chi connectivity index (χ0) is 28.7. The summed E-state index contributed by atoms with van der Waals surface area (Å²) in [5.74, 6) is -0.286. The predicted octanol–water partition coefficient (Wildman–Crippen LogP) is -0.757. The molecule has 3 rings (SSSR count). The molecule has 8 N–H and O–H groups in total. The fourth-order valence-electron chi connectivity index (χ4n) is 2.96. The van der Waals surface area contributed by atoms with E-state index in [9.17, 15) is 38.1 Å². The van der Waals surface area contributed by atoms with Crippen LogP contribution in [0.1, 0.15) is 18.2 Å². The van der Waals surface area contributed by atoms with Crippen molar-refractivity contribution in [2.75, 3.05) is 6.61 Å². The molecule has 21 heteroatoms. The van der Waals surface area contributed by atoms with E-state index in [4.69, 9.17) is 25.2 Å². The molecule has 1 aliphatic rings. The van der Waals surface area contributed by atoms with Crippen LogP contribution in [0.2, 0.25) is 0 Å². The minimum absolute atomic E-state index is 0.170. The second kappa shape index (κ2) is 13.2. The van der Waals surface area contributed by atoms with Gasteiger partial charge in [-0.2, -0.15) is 8.62 Å². The maximum absolute atomic E-state index is 11.7. The van der Waals surface area contributed by atoms with Gasteiger partial charge in [-0.3, -0.25) is 23.7 Å². The summed E-state index contributed by atoms with van der Waals surface area (Å²) in [6.07, 6.45) is -2.40. The second-order valence-electron chi connectivity index (χ2n) is 7.47. The largest absolute Gasteiger partial charge is 0.490 e. The molecule has 0 aliphatic carbocycles. The Hall–Kier alpha value is -2.30. The number of hydrogen-bond acceptors (Lipinski definition) is 11. The van der Waals surface area contributed by atoms with Crippen LogP contribution in [0.5, 0.6) is 0 Å². The topological polar surface area (TPSA) is 287 Å². The van der Waals surface area contributed by atoms with E-state index in [1.165, 1.54) is 0 Å². The van der Waals surface area contributed by atoms with Crippen LogP contribution in [0.3, 0.4) is 0 Å². The molecule has 2 unspecified atom stereocenters. The first-order valence-electron chi connectivity index (χ1n) is 10.2. The summed E-state index contributed by atoms with van der Waals surface area (Å²) >= 11 is 0. The number of carbonyl (C=O) groups excluding carboxylic acids is 1. The number of hydrogen-bond donors (Lipinski definition) is 7. The van der Waals surface area contributed by atoms with E-state index < -0.39 is 59.8 Å². The van der Waals surface area contributed by atoms with Crippen molar-refractivity contribution in [3.05, 3.63) is 69.0 Å². The van der Waals surface area contributed by atoms with E-state index >= 15 is 0 Å². The molecule has 1 saturated heterocycles. The number of nitrogens with zero attached hydrogens (tertiary/aromatic N) is 1. The van der Waals surface area contributed by atoms with Crippen molar-refractivity contribution in [2.24, 2.45) is 5.73 Å². The van der Waals surface area contributed by atoms with Gasteiger partial charge in [-0.1, -0.05) is 30.3 Å². The first-order valence-corrected chi connectivity index (χ1v) is 14.7. The molecule has 0 saturated carbocycles. The van der Waals surface area contributed by atoms with E-state index in [2.05, 4.69) is 13.1 Å².